The van der Waals surface area contributed by atoms with Gasteiger partial charge in [-0.3, -0.25) is 14.4 Å². The highest BCUT2D eigenvalue weighted by atomic mass is 16.4. The molecule has 6 nitrogen and oxygen atoms in total. The van der Waals surface area contributed by atoms with E-state index < -0.39 is 24.0 Å². The maximum absolute atomic E-state index is 11.3. The number of aliphatic carboxylic acids is 1. The first kappa shape index (κ1) is 10.5. The van der Waals surface area contributed by atoms with Gasteiger partial charge in [-0.1, -0.05) is 0 Å². The predicted octanol–water partition coefficient (Wildman–Crippen LogP) is -1.15. The van der Waals surface area contributed by atoms with Gasteiger partial charge < -0.3 is 15.7 Å². The molecule has 1 rings (SSSR count). The van der Waals surface area contributed by atoms with Crippen LogP contribution in [0.15, 0.2) is 0 Å². The SMILES string of the molecule is CC(NC(=O)[C@H]1CCC(=O)N1)C(=O)O. The highest BCUT2D eigenvalue weighted by Crippen LogP contribution is 2.06. The number of amides is 2. The van der Waals surface area contributed by atoms with E-state index in [1.165, 1.54) is 6.92 Å². The van der Waals surface area contributed by atoms with Crippen LogP contribution in [-0.4, -0.2) is 35.0 Å². The molecule has 1 heterocycles. The summed E-state index contributed by atoms with van der Waals surface area (Å²) in [6.45, 7) is 1.37. The Morgan fingerprint density at radius 2 is 2.29 bits per heavy atom. The van der Waals surface area contributed by atoms with Gasteiger partial charge in [0.05, 0.1) is 0 Å². The van der Waals surface area contributed by atoms with Gasteiger partial charge in [-0.25, -0.2) is 0 Å². The van der Waals surface area contributed by atoms with E-state index in [4.69, 9.17) is 5.11 Å². The van der Waals surface area contributed by atoms with Crippen LogP contribution in [0.1, 0.15) is 19.8 Å². The second-order valence-corrected chi connectivity index (χ2v) is 3.23. The van der Waals surface area contributed by atoms with Crippen molar-refractivity contribution in [2.24, 2.45) is 0 Å². The number of carbonyl (C=O) groups excluding carboxylic acids is 2. The van der Waals surface area contributed by atoms with Crippen molar-refractivity contribution in [2.45, 2.75) is 31.8 Å². The van der Waals surface area contributed by atoms with E-state index in [0.29, 0.717) is 12.8 Å². The van der Waals surface area contributed by atoms with Crippen molar-refractivity contribution in [3.63, 3.8) is 0 Å². The second kappa shape index (κ2) is 4.08. The molecule has 3 N–H and O–H groups in total. The molecule has 14 heavy (non-hydrogen) atoms. The fourth-order valence-electron chi connectivity index (χ4n) is 1.19. The van der Waals surface area contributed by atoms with E-state index in [9.17, 15) is 14.4 Å². The highest BCUT2D eigenvalue weighted by molar-refractivity contribution is 5.92. The van der Waals surface area contributed by atoms with Crippen molar-refractivity contribution in [3.8, 4) is 0 Å². The molecule has 6 heteroatoms. The van der Waals surface area contributed by atoms with Crippen molar-refractivity contribution in [2.75, 3.05) is 0 Å². The van der Waals surface area contributed by atoms with E-state index >= 15 is 0 Å². The smallest absolute Gasteiger partial charge is 0.325 e. The van der Waals surface area contributed by atoms with Crippen molar-refractivity contribution >= 4 is 17.8 Å². The Labute approximate surface area is 80.7 Å². The van der Waals surface area contributed by atoms with Crippen molar-refractivity contribution in [1.29, 1.82) is 0 Å². The van der Waals surface area contributed by atoms with E-state index in [1.807, 2.05) is 0 Å². The van der Waals surface area contributed by atoms with Gasteiger partial charge in [-0.05, 0) is 13.3 Å². The molecule has 0 spiro atoms. The first-order chi connectivity index (χ1) is 6.50. The molecular weight excluding hydrogens is 188 g/mol. The molecule has 1 aliphatic heterocycles. The zero-order valence-electron chi connectivity index (χ0n) is 7.74. The fraction of sp³-hybridized carbons (Fsp3) is 0.625. The molecule has 1 unspecified atom stereocenters. The number of hydrogen-bond donors (Lipinski definition) is 3. The van der Waals surface area contributed by atoms with Gasteiger partial charge in [0, 0.05) is 6.42 Å². The molecule has 0 bridgehead atoms. The predicted molar refractivity (Wildman–Crippen MR) is 46.4 cm³/mol. The Bertz CT molecular complexity index is 277. The van der Waals surface area contributed by atoms with Crippen molar-refractivity contribution in [1.82, 2.24) is 10.6 Å². The molecule has 78 valence electrons. The van der Waals surface area contributed by atoms with Crippen LogP contribution in [0.2, 0.25) is 0 Å². The van der Waals surface area contributed by atoms with Crippen LogP contribution in [-0.2, 0) is 14.4 Å². The van der Waals surface area contributed by atoms with Crippen LogP contribution in [0.5, 0.6) is 0 Å². The summed E-state index contributed by atoms with van der Waals surface area (Å²) in [5, 5.41) is 13.3. The summed E-state index contributed by atoms with van der Waals surface area (Å²) in [5.41, 5.74) is 0. The Kier molecular flexibility index (Phi) is 3.06. The van der Waals surface area contributed by atoms with E-state index in [0.717, 1.165) is 0 Å². The summed E-state index contributed by atoms with van der Waals surface area (Å²) in [6, 6.07) is -1.51. The average Bonchev–Trinajstić information content (AvgIpc) is 2.51. The lowest BCUT2D eigenvalue weighted by atomic mass is 10.2. The van der Waals surface area contributed by atoms with Gasteiger partial charge in [0.25, 0.3) is 0 Å². The number of carbonyl (C=O) groups is 3. The summed E-state index contributed by atoms with van der Waals surface area (Å²) >= 11 is 0. The van der Waals surface area contributed by atoms with Crippen LogP contribution >= 0.6 is 0 Å². The highest BCUT2D eigenvalue weighted by Gasteiger charge is 2.28. The first-order valence-corrected chi connectivity index (χ1v) is 4.33. The summed E-state index contributed by atoms with van der Waals surface area (Å²) in [4.78, 5) is 32.5. The number of nitrogens with one attached hydrogen (secondary N) is 2. The van der Waals surface area contributed by atoms with E-state index in [1.54, 1.807) is 0 Å². The molecule has 0 aliphatic carbocycles. The molecule has 1 aliphatic rings. The van der Waals surface area contributed by atoms with Gasteiger partial charge in [-0.2, -0.15) is 0 Å². The molecule has 1 fully saturated rings. The number of rotatable bonds is 3. The molecule has 0 aromatic carbocycles. The third kappa shape index (κ3) is 2.45. The summed E-state index contributed by atoms with van der Waals surface area (Å²) in [7, 11) is 0. The molecule has 0 saturated carbocycles. The zero-order chi connectivity index (χ0) is 10.7. The Morgan fingerprint density at radius 3 is 2.71 bits per heavy atom. The van der Waals surface area contributed by atoms with Crippen LogP contribution in [0.4, 0.5) is 0 Å². The minimum Gasteiger partial charge on any atom is -0.480 e. The summed E-state index contributed by atoms with van der Waals surface area (Å²) in [5.74, 6) is -1.71. The van der Waals surface area contributed by atoms with Gasteiger partial charge in [-0.15, -0.1) is 0 Å². The third-order valence-electron chi connectivity index (χ3n) is 2.04. The number of carboxylic acids is 1. The van der Waals surface area contributed by atoms with Gasteiger partial charge >= 0.3 is 5.97 Å². The Balaban J connectivity index is 2.42. The largest absolute Gasteiger partial charge is 0.480 e. The Morgan fingerprint density at radius 1 is 1.64 bits per heavy atom. The minimum absolute atomic E-state index is 0.173. The number of hydrogen-bond acceptors (Lipinski definition) is 3. The standard InChI is InChI=1S/C8H12N2O4/c1-4(8(13)14)9-7(12)5-2-3-6(11)10-5/h4-5H,2-3H2,1H3,(H,9,12)(H,10,11)(H,13,14)/t4?,5-/m1/s1. The lowest BCUT2D eigenvalue weighted by molar-refractivity contribution is -0.141. The maximum atomic E-state index is 11.3. The van der Waals surface area contributed by atoms with Crippen LogP contribution < -0.4 is 10.6 Å². The van der Waals surface area contributed by atoms with Crippen molar-refractivity contribution < 1.29 is 19.5 Å². The lowest BCUT2D eigenvalue weighted by Crippen LogP contribution is -2.47. The summed E-state index contributed by atoms with van der Waals surface area (Å²) < 4.78 is 0. The molecule has 2 atom stereocenters. The van der Waals surface area contributed by atoms with Gasteiger partial charge in [0.1, 0.15) is 12.1 Å². The fourth-order valence-corrected chi connectivity index (χ4v) is 1.19. The lowest BCUT2D eigenvalue weighted by Gasteiger charge is -2.13. The molecule has 1 saturated heterocycles. The topological polar surface area (TPSA) is 95.5 Å². The van der Waals surface area contributed by atoms with E-state index in [-0.39, 0.29) is 5.91 Å². The van der Waals surface area contributed by atoms with Crippen molar-refractivity contribution in [3.05, 3.63) is 0 Å². The second-order valence-electron chi connectivity index (χ2n) is 3.23. The third-order valence-corrected chi connectivity index (χ3v) is 2.04. The molecule has 0 radical (unpaired) electrons. The van der Waals surface area contributed by atoms with Gasteiger partial charge in [0.2, 0.25) is 11.8 Å². The van der Waals surface area contributed by atoms with Crippen LogP contribution in [0.25, 0.3) is 0 Å². The quantitative estimate of drug-likeness (QED) is 0.536. The normalized spacial score (nSPS) is 22.6. The maximum Gasteiger partial charge on any atom is 0.325 e. The number of carboxylic acid groups (broad SMARTS) is 1. The zero-order valence-corrected chi connectivity index (χ0v) is 7.74. The molecular formula is C8H12N2O4. The molecule has 0 aromatic rings. The average molecular weight is 200 g/mol. The van der Waals surface area contributed by atoms with Crippen LogP contribution in [0.3, 0.4) is 0 Å². The Hall–Kier alpha value is -1.59. The van der Waals surface area contributed by atoms with E-state index in [2.05, 4.69) is 10.6 Å². The summed E-state index contributed by atoms with van der Waals surface area (Å²) in [6.07, 6.45) is 0.747. The van der Waals surface area contributed by atoms with Crippen LogP contribution in [0, 0.1) is 0 Å². The molecule has 0 aromatic heterocycles. The van der Waals surface area contributed by atoms with Gasteiger partial charge in [0.15, 0.2) is 0 Å². The first-order valence-electron chi connectivity index (χ1n) is 4.33. The minimum atomic E-state index is -1.09. The monoisotopic (exact) mass is 200 g/mol. The molecule has 2 amide bonds.